The van der Waals surface area contributed by atoms with Crippen molar-refractivity contribution < 1.29 is 0 Å². The fourth-order valence-electron chi connectivity index (χ4n) is 2.66. The number of benzene rings is 1. The number of hydrogen-bond donors (Lipinski definition) is 0. The van der Waals surface area contributed by atoms with Gasteiger partial charge in [-0.15, -0.1) is 0 Å². The molecule has 1 heteroatoms. The quantitative estimate of drug-likeness (QED) is 0.612. The fourth-order valence-corrected chi connectivity index (χ4v) is 3.89. The second kappa shape index (κ2) is 3.47. The van der Waals surface area contributed by atoms with Crippen LogP contribution in [0.4, 0.5) is 0 Å². The largest absolute Gasteiger partial charge is 0.0609 e. The SMILES string of the molecule is CC1(C)CCC(C)(C)c2c(I)cccc21. The second-order valence-electron chi connectivity index (χ2n) is 5.93. The van der Waals surface area contributed by atoms with Gasteiger partial charge in [-0.25, -0.2) is 0 Å². The molecule has 0 aromatic heterocycles. The monoisotopic (exact) mass is 314 g/mol. The summed E-state index contributed by atoms with van der Waals surface area (Å²) < 4.78 is 1.43. The van der Waals surface area contributed by atoms with Crippen molar-refractivity contribution in [2.24, 2.45) is 0 Å². The van der Waals surface area contributed by atoms with E-state index in [4.69, 9.17) is 0 Å². The molecule has 0 N–H and O–H groups in total. The minimum Gasteiger partial charge on any atom is -0.0609 e. The molecule has 0 fully saturated rings. The third kappa shape index (κ3) is 1.83. The van der Waals surface area contributed by atoms with Gasteiger partial charge in [0.25, 0.3) is 0 Å². The maximum absolute atomic E-state index is 2.49. The van der Waals surface area contributed by atoms with Crippen LogP contribution in [-0.2, 0) is 10.8 Å². The Labute approximate surface area is 107 Å². The van der Waals surface area contributed by atoms with E-state index in [0.717, 1.165) is 0 Å². The van der Waals surface area contributed by atoms with Gasteiger partial charge in [0, 0.05) is 3.57 Å². The Morgan fingerprint density at radius 1 is 1.00 bits per heavy atom. The van der Waals surface area contributed by atoms with Crippen molar-refractivity contribution in [3.63, 3.8) is 0 Å². The van der Waals surface area contributed by atoms with Crippen LogP contribution in [0.5, 0.6) is 0 Å². The molecule has 15 heavy (non-hydrogen) atoms. The van der Waals surface area contributed by atoms with Gasteiger partial charge in [-0.1, -0.05) is 39.8 Å². The molecule has 0 unspecified atom stereocenters. The average molecular weight is 314 g/mol. The van der Waals surface area contributed by atoms with Crippen LogP contribution < -0.4 is 0 Å². The highest BCUT2D eigenvalue weighted by atomic mass is 127. The number of rotatable bonds is 0. The first-order chi connectivity index (χ1) is 6.84. The Morgan fingerprint density at radius 3 is 2.20 bits per heavy atom. The standard InChI is InChI=1S/C14H19I/c1-13(2)8-9-14(3,4)12-10(13)6-5-7-11(12)15/h5-7H,8-9H2,1-4H3. The van der Waals surface area contributed by atoms with Crippen molar-refractivity contribution in [3.8, 4) is 0 Å². The normalized spacial score (nSPS) is 22.2. The summed E-state index contributed by atoms with van der Waals surface area (Å²) in [5, 5.41) is 0. The van der Waals surface area contributed by atoms with Crippen LogP contribution in [0.15, 0.2) is 18.2 Å². The van der Waals surface area contributed by atoms with Crippen LogP contribution in [0.25, 0.3) is 0 Å². The molecule has 82 valence electrons. The summed E-state index contributed by atoms with van der Waals surface area (Å²) >= 11 is 2.49. The van der Waals surface area contributed by atoms with Gasteiger partial charge in [0.15, 0.2) is 0 Å². The molecule has 2 rings (SSSR count). The molecule has 1 aromatic rings. The van der Waals surface area contributed by atoms with Crippen molar-refractivity contribution in [2.75, 3.05) is 0 Å². The predicted molar refractivity (Wildman–Crippen MR) is 74.4 cm³/mol. The Kier molecular flexibility index (Phi) is 2.65. The molecule has 0 aliphatic heterocycles. The van der Waals surface area contributed by atoms with E-state index in [2.05, 4.69) is 68.5 Å². The molecule has 0 nitrogen and oxygen atoms in total. The first kappa shape index (κ1) is 11.4. The zero-order valence-electron chi connectivity index (χ0n) is 10.0. The van der Waals surface area contributed by atoms with Gasteiger partial charge in [-0.2, -0.15) is 0 Å². The van der Waals surface area contributed by atoms with Gasteiger partial charge in [-0.3, -0.25) is 0 Å². The molecular formula is C14H19I. The third-order valence-corrected chi connectivity index (χ3v) is 4.69. The topological polar surface area (TPSA) is 0 Å². The van der Waals surface area contributed by atoms with Crippen LogP contribution in [-0.4, -0.2) is 0 Å². The van der Waals surface area contributed by atoms with Crippen LogP contribution in [0.3, 0.4) is 0 Å². The summed E-state index contributed by atoms with van der Waals surface area (Å²) in [5.41, 5.74) is 3.85. The maximum Gasteiger partial charge on any atom is 0.0170 e. The van der Waals surface area contributed by atoms with E-state index < -0.39 is 0 Å². The summed E-state index contributed by atoms with van der Waals surface area (Å²) in [6.45, 7) is 9.50. The number of halogens is 1. The van der Waals surface area contributed by atoms with Gasteiger partial charge in [-0.05, 0) is 63.5 Å². The van der Waals surface area contributed by atoms with Crippen LogP contribution in [0.2, 0.25) is 0 Å². The molecule has 0 spiro atoms. The molecule has 0 heterocycles. The van der Waals surface area contributed by atoms with E-state index in [1.165, 1.54) is 16.4 Å². The van der Waals surface area contributed by atoms with Crippen molar-refractivity contribution in [1.29, 1.82) is 0 Å². The Balaban J connectivity index is 2.70. The second-order valence-corrected chi connectivity index (χ2v) is 7.09. The van der Waals surface area contributed by atoms with Gasteiger partial charge in [0.05, 0.1) is 0 Å². The Morgan fingerprint density at radius 2 is 1.60 bits per heavy atom. The highest BCUT2D eigenvalue weighted by Crippen LogP contribution is 2.47. The summed E-state index contributed by atoms with van der Waals surface area (Å²) in [6.07, 6.45) is 2.60. The lowest BCUT2D eigenvalue weighted by Crippen LogP contribution is -2.34. The van der Waals surface area contributed by atoms with Gasteiger partial charge < -0.3 is 0 Å². The molecule has 0 saturated heterocycles. The predicted octanol–water partition coefficient (Wildman–Crippen LogP) is 4.64. The minimum absolute atomic E-state index is 0.350. The van der Waals surface area contributed by atoms with Crippen LogP contribution in [0.1, 0.15) is 51.7 Å². The molecule has 0 saturated carbocycles. The van der Waals surface area contributed by atoms with E-state index in [-0.39, 0.29) is 0 Å². The minimum atomic E-state index is 0.350. The zero-order chi connectivity index (χ0) is 11.3. The summed E-state index contributed by atoms with van der Waals surface area (Å²) in [6, 6.07) is 6.75. The first-order valence-electron chi connectivity index (χ1n) is 5.64. The van der Waals surface area contributed by atoms with Crippen LogP contribution in [0, 0.1) is 3.57 Å². The molecule has 0 atom stereocenters. The maximum atomic E-state index is 2.49. The van der Waals surface area contributed by atoms with E-state index in [1.54, 1.807) is 11.1 Å². The number of hydrogen-bond acceptors (Lipinski definition) is 0. The van der Waals surface area contributed by atoms with Crippen molar-refractivity contribution in [3.05, 3.63) is 32.9 Å². The van der Waals surface area contributed by atoms with Gasteiger partial charge >= 0.3 is 0 Å². The van der Waals surface area contributed by atoms with Gasteiger partial charge in [0.2, 0.25) is 0 Å². The lowest BCUT2D eigenvalue weighted by molar-refractivity contribution is 0.330. The van der Waals surface area contributed by atoms with Crippen molar-refractivity contribution >= 4 is 22.6 Å². The zero-order valence-corrected chi connectivity index (χ0v) is 12.2. The molecular weight excluding hydrogens is 295 g/mol. The Hall–Kier alpha value is -0.0500. The van der Waals surface area contributed by atoms with Crippen molar-refractivity contribution in [1.82, 2.24) is 0 Å². The fraction of sp³-hybridized carbons (Fsp3) is 0.571. The molecule has 1 aliphatic carbocycles. The summed E-state index contributed by atoms with van der Waals surface area (Å²) in [5.74, 6) is 0. The van der Waals surface area contributed by atoms with Gasteiger partial charge in [0.1, 0.15) is 0 Å². The molecule has 0 amide bonds. The van der Waals surface area contributed by atoms with Crippen molar-refractivity contribution in [2.45, 2.75) is 51.4 Å². The van der Waals surface area contributed by atoms with E-state index in [0.29, 0.717) is 10.8 Å². The van der Waals surface area contributed by atoms with Crippen LogP contribution >= 0.6 is 22.6 Å². The Bertz CT molecular complexity index is 388. The molecule has 1 aliphatic rings. The number of fused-ring (bicyclic) bond motifs is 1. The smallest absolute Gasteiger partial charge is 0.0170 e. The van der Waals surface area contributed by atoms with E-state index in [1.807, 2.05) is 0 Å². The lowest BCUT2D eigenvalue weighted by Gasteiger charge is -2.42. The molecule has 0 radical (unpaired) electrons. The molecule has 1 aromatic carbocycles. The lowest BCUT2D eigenvalue weighted by atomic mass is 9.63. The highest BCUT2D eigenvalue weighted by molar-refractivity contribution is 14.1. The highest BCUT2D eigenvalue weighted by Gasteiger charge is 2.37. The third-order valence-electron chi connectivity index (χ3n) is 3.79. The summed E-state index contributed by atoms with van der Waals surface area (Å²) in [7, 11) is 0. The average Bonchev–Trinajstić information content (AvgIpc) is 2.13. The summed E-state index contributed by atoms with van der Waals surface area (Å²) in [4.78, 5) is 0. The van der Waals surface area contributed by atoms with E-state index in [9.17, 15) is 0 Å². The first-order valence-corrected chi connectivity index (χ1v) is 6.72. The van der Waals surface area contributed by atoms with E-state index >= 15 is 0 Å². The molecule has 0 bridgehead atoms.